The highest BCUT2D eigenvalue weighted by Gasteiger charge is 2.05. The molecule has 6 heteroatoms. The van der Waals surface area contributed by atoms with Gasteiger partial charge in [-0.25, -0.2) is 4.79 Å². The fraction of sp³-hybridized carbons (Fsp3) is 0.200. The molecule has 0 aliphatic carbocycles. The maximum Gasteiger partial charge on any atom is 0.335 e. The minimum atomic E-state index is -0.938. The molecular formula is C15H15NO4S. The third-order valence-corrected chi connectivity index (χ3v) is 3.75. The van der Waals surface area contributed by atoms with E-state index >= 15 is 0 Å². The van der Waals surface area contributed by atoms with E-state index in [1.807, 2.05) is 0 Å². The van der Waals surface area contributed by atoms with Gasteiger partial charge in [0.25, 0.3) is 0 Å². The minimum Gasteiger partial charge on any atom is -0.478 e. The molecular weight excluding hydrogens is 290 g/mol. The smallest absolute Gasteiger partial charge is 0.335 e. The van der Waals surface area contributed by atoms with Crippen LogP contribution in [0.4, 0.5) is 0 Å². The van der Waals surface area contributed by atoms with Gasteiger partial charge in [-0.15, -0.1) is 11.8 Å². The summed E-state index contributed by atoms with van der Waals surface area (Å²) in [5, 5.41) is 11.6. The summed E-state index contributed by atoms with van der Waals surface area (Å²) in [4.78, 5) is 22.3. The normalized spacial score (nSPS) is 10.3. The Morgan fingerprint density at radius 1 is 1.19 bits per heavy atom. The maximum absolute atomic E-state index is 11.6. The van der Waals surface area contributed by atoms with Crippen LogP contribution in [-0.2, 0) is 17.1 Å². The number of aromatic carboxylic acids is 1. The SMILES string of the molecule is O=C(CSCc1ccc(C(=O)O)cc1)NCc1ccco1. The Labute approximate surface area is 126 Å². The van der Waals surface area contributed by atoms with Gasteiger partial charge in [-0.2, -0.15) is 0 Å². The number of amides is 1. The summed E-state index contributed by atoms with van der Waals surface area (Å²) < 4.78 is 5.12. The summed E-state index contributed by atoms with van der Waals surface area (Å²) in [5.41, 5.74) is 1.25. The number of carboxylic acids is 1. The van der Waals surface area contributed by atoms with E-state index in [1.54, 1.807) is 42.7 Å². The molecule has 1 aromatic heterocycles. The van der Waals surface area contributed by atoms with Gasteiger partial charge in [0.2, 0.25) is 5.91 Å². The lowest BCUT2D eigenvalue weighted by Gasteiger charge is -2.04. The third kappa shape index (κ3) is 5.00. The van der Waals surface area contributed by atoms with Crippen LogP contribution in [0.15, 0.2) is 47.1 Å². The van der Waals surface area contributed by atoms with Crippen molar-refractivity contribution in [3.63, 3.8) is 0 Å². The second-order valence-corrected chi connectivity index (χ2v) is 5.34. The molecule has 110 valence electrons. The van der Waals surface area contributed by atoms with Crippen molar-refractivity contribution in [1.29, 1.82) is 0 Å². The zero-order valence-electron chi connectivity index (χ0n) is 11.2. The minimum absolute atomic E-state index is 0.0569. The quantitative estimate of drug-likeness (QED) is 0.821. The Morgan fingerprint density at radius 2 is 1.95 bits per heavy atom. The van der Waals surface area contributed by atoms with Crippen molar-refractivity contribution in [2.45, 2.75) is 12.3 Å². The second-order valence-electron chi connectivity index (χ2n) is 4.35. The number of carbonyl (C=O) groups excluding carboxylic acids is 1. The number of hydrogen-bond donors (Lipinski definition) is 2. The lowest BCUT2D eigenvalue weighted by atomic mass is 10.1. The standard InChI is InChI=1S/C15H15NO4S/c17-14(16-8-13-2-1-7-20-13)10-21-9-11-3-5-12(6-4-11)15(18)19/h1-7H,8-10H2,(H,16,17)(H,18,19). The molecule has 1 heterocycles. The first-order valence-electron chi connectivity index (χ1n) is 6.34. The highest BCUT2D eigenvalue weighted by molar-refractivity contribution is 7.99. The van der Waals surface area contributed by atoms with Gasteiger partial charge in [0.1, 0.15) is 5.76 Å². The first-order valence-corrected chi connectivity index (χ1v) is 7.49. The predicted molar refractivity (Wildman–Crippen MR) is 80.1 cm³/mol. The van der Waals surface area contributed by atoms with Crippen LogP contribution >= 0.6 is 11.8 Å². The van der Waals surface area contributed by atoms with Gasteiger partial charge in [-0.05, 0) is 29.8 Å². The van der Waals surface area contributed by atoms with Crippen LogP contribution in [0.5, 0.6) is 0 Å². The van der Waals surface area contributed by atoms with Gasteiger partial charge in [-0.3, -0.25) is 4.79 Å². The maximum atomic E-state index is 11.6. The number of rotatable bonds is 7. The van der Waals surface area contributed by atoms with E-state index in [4.69, 9.17) is 9.52 Å². The van der Waals surface area contributed by atoms with Crippen molar-refractivity contribution in [3.8, 4) is 0 Å². The van der Waals surface area contributed by atoms with Crippen LogP contribution in [0.1, 0.15) is 21.7 Å². The molecule has 5 nitrogen and oxygen atoms in total. The Bertz CT molecular complexity index is 593. The van der Waals surface area contributed by atoms with Gasteiger partial charge in [0.15, 0.2) is 0 Å². The van der Waals surface area contributed by atoms with Crippen molar-refractivity contribution >= 4 is 23.6 Å². The molecule has 1 aromatic carbocycles. The Balaban J connectivity index is 1.68. The monoisotopic (exact) mass is 305 g/mol. The lowest BCUT2D eigenvalue weighted by molar-refractivity contribution is -0.118. The van der Waals surface area contributed by atoms with Crippen molar-refractivity contribution in [3.05, 3.63) is 59.5 Å². The van der Waals surface area contributed by atoms with E-state index in [0.717, 1.165) is 11.3 Å². The summed E-state index contributed by atoms with van der Waals surface area (Å²) >= 11 is 1.48. The number of nitrogens with one attached hydrogen (secondary N) is 1. The van der Waals surface area contributed by atoms with Crippen LogP contribution in [0.25, 0.3) is 0 Å². The second kappa shape index (κ2) is 7.54. The van der Waals surface area contributed by atoms with Crippen molar-refractivity contribution in [2.75, 3.05) is 5.75 Å². The number of thioether (sulfide) groups is 1. The van der Waals surface area contributed by atoms with E-state index < -0.39 is 5.97 Å². The summed E-state index contributed by atoms with van der Waals surface area (Å²) in [6.45, 7) is 0.389. The summed E-state index contributed by atoms with van der Waals surface area (Å²) in [5.74, 6) is 0.734. The molecule has 21 heavy (non-hydrogen) atoms. The van der Waals surface area contributed by atoms with Gasteiger partial charge in [-0.1, -0.05) is 12.1 Å². The Kier molecular flexibility index (Phi) is 5.45. The van der Waals surface area contributed by atoms with E-state index in [0.29, 0.717) is 18.1 Å². The number of furan rings is 1. The molecule has 1 amide bonds. The topological polar surface area (TPSA) is 79.5 Å². The molecule has 0 saturated heterocycles. The van der Waals surface area contributed by atoms with E-state index in [1.165, 1.54) is 11.8 Å². The molecule has 2 rings (SSSR count). The van der Waals surface area contributed by atoms with Crippen LogP contribution in [0.3, 0.4) is 0 Å². The molecule has 0 aliphatic heterocycles. The molecule has 0 spiro atoms. The zero-order valence-corrected chi connectivity index (χ0v) is 12.1. The third-order valence-electron chi connectivity index (χ3n) is 2.74. The summed E-state index contributed by atoms with van der Waals surface area (Å²) in [7, 11) is 0. The van der Waals surface area contributed by atoms with Gasteiger partial charge in [0, 0.05) is 5.75 Å². The fourth-order valence-corrected chi connectivity index (χ4v) is 2.47. The average Bonchev–Trinajstić information content (AvgIpc) is 2.99. The molecule has 0 fully saturated rings. The highest BCUT2D eigenvalue weighted by atomic mass is 32.2. The molecule has 0 bridgehead atoms. The van der Waals surface area contributed by atoms with Crippen LogP contribution in [0.2, 0.25) is 0 Å². The van der Waals surface area contributed by atoms with Crippen molar-refractivity contribution < 1.29 is 19.1 Å². The number of benzene rings is 1. The van der Waals surface area contributed by atoms with Crippen molar-refractivity contribution in [2.24, 2.45) is 0 Å². The zero-order chi connectivity index (χ0) is 15.1. The van der Waals surface area contributed by atoms with Crippen LogP contribution < -0.4 is 5.32 Å². The van der Waals surface area contributed by atoms with E-state index in [2.05, 4.69) is 5.32 Å². The summed E-state index contributed by atoms with van der Waals surface area (Å²) in [6.07, 6.45) is 1.57. The molecule has 2 N–H and O–H groups in total. The molecule has 0 saturated carbocycles. The van der Waals surface area contributed by atoms with E-state index in [-0.39, 0.29) is 11.5 Å². The van der Waals surface area contributed by atoms with Gasteiger partial charge in [0.05, 0.1) is 24.1 Å². The largest absolute Gasteiger partial charge is 0.478 e. The summed E-state index contributed by atoms with van der Waals surface area (Å²) in [6, 6.07) is 10.2. The molecule has 0 unspecified atom stereocenters. The van der Waals surface area contributed by atoms with Crippen LogP contribution in [0, 0.1) is 0 Å². The fourth-order valence-electron chi connectivity index (χ4n) is 1.66. The molecule has 0 atom stereocenters. The number of hydrogen-bond acceptors (Lipinski definition) is 4. The number of carbonyl (C=O) groups is 2. The van der Waals surface area contributed by atoms with Crippen molar-refractivity contribution in [1.82, 2.24) is 5.32 Å². The average molecular weight is 305 g/mol. The highest BCUT2D eigenvalue weighted by Crippen LogP contribution is 2.13. The van der Waals surface area contributed by atoms with Crippen LogP contribution in [-0.4, -0.2) is 22.7 Å². The Morgan fingerprint density at radius 3 is 2.57 bits per heavy atom. The first-order chi connectivity index (χ1) is 10.1. The molecule has 0 aliphatic rings. The van der Waals surface area contributed by atoms with Gasteiger partial charge >= 0.3 is 5.97 Å². The predicted octanol–water partition coefficient (Wildman–Crippen LogP) is 2.53. The number of carboxylic acid groups (broad SMARTS) is 1. The van der Waals surface area contributed by atoms with Gasteiger partial charge < -0.3 is 14.8 Å². The molecule has 2 aromatic rings. The lowest BCUT2D eigenvalue weighted by Crippen LogP contribution is -2.24. The molecule has 0 radical (unpaired) electrons. The Hall–Kier alpha value is -2.21. The first kappa shape index (κ1) is 15.2. The van der Waals surface area contributed by atoms with E-state index in [9.17, 15) is 9.59 Å².